The predicted octanol–water partition coefficient (Wildman–Crippen LogP) is 9.48. The SMILES string of the molecule is CON(CC(F)(F)F)C(=O)[C@@H](C)CC(=O)c1ccc(/C(F)=C/C(c2cc(Cl)c(Cl)c(Cl)c2)C(F)(F)F)cc1C(F)(F)F. The smallest absolute Gasteiger partial charge is 0.294 e. The van der Waals surface area contributed by atoms with Crippen LogP contribution in [0.2, 0.25) is 15.1 Å². The van der Waals surface area contributed by atoms with Crippen LogP contribution >= 0.6 is 34.8 Å². The minimum absolute atomic E-state index is 0.0202. The molecule has 17 heteroatoms. The summed E-state index contributed by atoms with van der Waals surface area (Å²) in [6.07, 6.45) is -16.4. The third kappa shape index (κ3) is 9.22. The Morgan fingerprint density at radius 2 is 1.50 bits per heavy atom. The molecule has 0 aliphatic rings. The Morgan fingerprint density at radius 1 is 0.952 bits per heavy atom. The van der Waals surface area contributed by atoms with Gasteiger partial charge in [0, 0.05) is 23.5 Å². The molecule has 2 aromatic rings. The molecule has 2 atom stereocenters. The lowest BCUT2D eigenvalue weighted by Gasteiger charge is -2.24. The Labute approximate surface area is 246 Å². The summed E-state index contributed by atoms with van der Waals surface area (Å²) in [5.74, 6) is -8.78. The van der Waals surface area contributed by atoms with E-state index < -0.39 is 93.1 Å². The van der Waals surface area contributed by atoms with Gasteiger partial charge in [-0.2, -0.15) is 39.5 Å². The lowest BCUT2D eigenvalue weighted by Crippen LogP contribution is -2.41. The van der Waals surface area contributed by atoms with Gasteiger partial charge in [0.1, 0.15) is 18.3 Å². The highest BCUT2D eigenvalue weighted by Crippen LogP contribution is 2.43. The Bertz CT molecular complexity index is 1330. The number of hydrogen-bond donors (Lipinski definition) is 0. The Kier molecular flexibility index (Phi) is 11.4. The van der Waals surface area contributed by atoms with E-state index in [0.717, 1.165) is 26.2 Å². The summed E-state index contributed by atoms with van der Waals surface area (Å²) in [7, 11) is 0.736. The Morgan fingerprint density at radius 3 is 1.95 bits per heavy atom. The molecule has 232 valence electrons. The van der Waals surface area contributed by atoms with Crippen LogP contribution in [0.15, 0.2) is 36.4 Å². The average molecular weight is 677 g/mol. The summed E-state index contributed by atoms with van der Waals surface area (Å²) >= 11 is 17.2. The maximum absolute atomic E-state index is 15.0. The highest BCUT2D eigenvalue weighted by Gasteiger charge is 2.41. The molecule has 0 saturated heterocycles. The number of alkyl halides is 9. The molecule has 0 bridgehead atoms. The summed E-state index contributed by atoms with van der Waals surface area (Å²) in [6.45, 7) is -0.887. The molecule has 42 heavy (non-hydrogen) atoms. The van der Waals surface area contributed by atoms with E-state index in [9.17, 15) is 49.1 Å². The first-order valence-corrected chi connectivity index (χ1v) is 12.5. The predicted molar refractivity (Wildman–Crippen MR) is 134 cm³/mol. The zero-order chi connectivity index (χ0) is 32.4. The van der Waals surface area contributed by atoms with Crippen molar-refractivity contribution in [1.82, 2.24) is 5.06 Å². The number of amides is 1. The van der Waals surface area contributed by atoms with Gasteiger partial charge in [-0.15, -0.1) is 0 Å². The quantitative estimate of drug-likeness (QED) is 0.115. The van der Waals surface area contributed by atoms with E-state index in [0.29, 0.717) is 12.1 Å². The van der Waals surface area contributed by atoms with Gasteiger partial charge in [0.05, 0.1) is 27.7 Å². The van der Waals surface area contributed by atoms with Crippen molar-refractivity contribution in [2.24, 2.45) is 5.92 Å². The van der Waals surface area contributed by atoms with Crippen molar-refractivity contribution in [2.45, 2.75) is 37.8 Å². The zero-order valence-corrected chi connectivity index (χ0v) is 23.4. The van der Waals surface area contributed by atoms with Crippen LogP contribution in [0.4, 0.5) is 43.9 Å². The van der Waals surface area contributed by atoms with Gasteiger partial charge in [0.25, 0.3) is 0 Å². The van der Waals surface area contributed by atoms with E-state index >= 15 is 4.39 Å². The maximum atomic E-state index is 15.0. The molecule has 4 nitrogen and oxygen atoms in total. The summed E-state index contributed by atoms with van der Waals surface area (Å²) < 4.78 is 136. The zero-order valence-electron chi connectivity index (χ0n) is 21.1. The minimum atomic E-state index is -5.33. The van der Waals surface area contributed by atoms with E-state index in [1.165, 1.54) is 0 Å². The molecule has 1 amide bonds. The van der Waals surface area contributed by atoms with Crippen LogP contribution in [-0.2, 0) is 15.8 Å². The third-order valence-electron chi connectivity index (χ3n) is 5.63. The van der Waals surface area contributed by atoms with Gasteiger partial charge < -0.3 is 0 Å². The van der Waals surface area contributed by atoms with Crippen molar-refractivity contribution in [2.75, 3.05) is 13.7 Å². The standard InChI is InChI=1S/C25H18Cl3F10NO3/c1-11(22(41)39(42-2)10-23(30,31)32)5-20(40)14-4-3-12(6-16(14)25(36,37)38)19(29)9-15(24(33,34)35)13-7-17(26)21(28)18(27)8-13/h3-4,6-9,11,15H,5,10H2,1-2H3/b19-9-/t11-,15?/m0/s1. The van der Waals surface area contributed by atoms with Gasteiger partial charge in [-0.3, -0.25) is 14.4 Å². The number of nitrogens with zero attached hydrogens (tertiary/aromatic N) is 1. The number of benzene rings is 2. The van der Waals surface area contributed by atoms with Crippen LogP contribution in [-0.4, -0.2) is 42.8 Å². The Hall–Kier alpha value is -2.55. The first-order chi connectivity index (χ1) is 19.1. The third-order valence-corrected chi connectivity index (χ3v) is 6.83. The first-order valence-electron chi connectivity index (χ1n) is 11.3. The molecule has 0 N–H and O–H groups in total. The summed E-state index contributed by atoms with van der Waals surface area (Å²) in [5, 5.41) is -1.20. The van der Waals surface area contributed by atoms with Crippen LogP contribution in [0.5, 0.6) is 0 Å². The molecule has 0 aromatic heterocycles. The van der Waals surface area contributed by atoms with Crippen molar-refractivity contribution >= 4 is 52.3 Å². The monoisotopic (exact) mass is 675 g/mol. The van der Waals surface area contributed by atoms with Gasteiger partial charge in [-0.1, -0.05) is 53.9 Å². The Balaban J connectivity index is 2.48. The molecule has 0 aliphatic heterocycles. The lowest BCUT2D eigenvalue weighted by molar-refractivity contribution is -0.225. The van der Waals surface area contributed by atoms with Crippen molar-refractivity contribution in [3.05, 3.63) is 73.7 Å². The number of rotatable bonds is 9. The number of ketones is 1. The van der Waals surface area contributed by atoms with Crippen LogP contribution in [0.3, 0.4) is 0 Å². The molecule has 0 aliphatic carbocycles. The molecule has 2 rings (SSSR count). The first kappa shape index (κ1) is 35.6. The van der Waals surface area contributed by atoms with Crippen LogP contribution < -0.4 is 0 Å². The minimum Gasteiger partial charge on any atom is -0.294 e. The largest absolute Gasteiger partial charge is 0.417 e. The number of Topliss-reactive ketones (excluding diaryl/α,β-unsaturated/α-hetero) is 1. The molecular formula is C25H18Cl3F10NO3. The molecule has 1 unspecified atom stereocenters. The number of halogens is 13. The van der Waals surface area contributed by atoms with Crippen molar-refractivity contribution in [3.63, 3.8) is 0 Å². The van der Waals surface area contributed by atoms with E-state index in [-0.39, 0.29) is 22.2 Å². The number of carbonyl (C=O) groups is 2. The molecule has 0 saturated carbocycles. The van der Waals surface area contributed by atoms with E-state index in [1.54, 1.807) is 0 Å². The second kappa shape index (κ2) is 13.4. The maximum Gasteiger partial charge on any atom is 0.417 e. The molecular weight excluding hydrogens is 659 g/mol. The molecule has 2 aromatic carbocycles. The van der Waals surface area contributed by atoms with Crippen molar-refractivity contribution in [1.29, 1.82) is 0 Å². The normalized spacial score (nSPS) is 14.5. The average Bonchev–Trinajstić information content (AvgIpc) is 2.85. The van der Waals surface area contributed by atoms with Crippen LogP contribution in [0.1, 0.15) is 46.3 Å². The summed E-state index contributed by atoms with van der Waals surface area (Å²) in [5.41, 5.74) is -4.51. The highest BCUT2D eigenvalue weighted by atomic mass is 35.5. The van der Waals surface area contributed by atoms with E-state index in [2.05, 4.69) is 4.84 Å². The fourth-order valence-corrected chi connectivity index (χ4v) is 4.28. The van der Waals surface area contributed by atoms with Gasteiger partial charge in [0.2, 0.25) is 5.91 Å². The molecule has 0 radical (unpaired) electrons. The van der Waals surface area contributed by atoms with Crippen molar-refractivity contribution in [3.8, 4) is 0 Å². The summed E-state index contributed by atoms with van der Waals surface area (Å²) in [4.78, 5) is 29.3. The molecule has 0 spiro atoms. The van der Waals surface area contributed by atoms with Gasteiger partial charge in [-0.25, -0.2) is 9.45 Å². The molecule has 0 heterocycles. The number of allylic oxidation sites excluding steroid dienone is 1. The van der Waals surface area contributed by atoms with Crippen LogP contribution in [0.25, 0.3) is 5.83 Å². The van der Waals surface area contributed by atoms with Gasteiger partial charge >= 0.3 is 18.5 Å². The van der Waals surface area contributed by atoms with Gasteiger partial charge in [-0.05, 0) is 29.8 Å². The van der Waals surface area contributed by atoms with Crippen LogP contribution in [0, 0.1) is 5.92 Å². The van der Waals surface area contributed by atoms with E-state index in [4.69, 9.17) is 34.8 Å². The topological polar surface area (TPSA) is 46.6 Å². The highest BCUT2D eigenvalue weighted by molar-refractivity contribution is 6.48. The summed E-state index contributed by atoms with van der Waals surface area (Å²) in [6, 6.07) is 2.67. The second-order valence-electron chi connectivity index (χ2n) is 8.79. The fraction of sp³-hybridized carbons (Fsp3) is 0.360. The van der Waals surface area contributed by atoms with Crippen molar-refractivity contribution < 1.29 is 58.3 Å². The fourth-order valence-electron chi connectivity index (χ4n) is 3.66. The number of hydroxylamine groups is 2. The number of carbonyl (C=O) groups excluding carboxylic acids is 2. The van der Waals surface area contributed by atoms with Gasteiger partial charge in [0.15, 0.2) is 5.78 Å². The molecule has 0 fully saturated rings. The number of hydrogen-bond acceptors (Lipinski definition) is 3. The second-order valence-corrected chi connectivity index (χ2v) is 9.98. The lowest BCUT2D eigenvalue weighted by atomic mass is 9.92. The van der Waals surface area contributed by atoms with E-state index in [1.807, 2.05) is 0 Å².